The van der Waals surface area contributed by atoms with E-state index in [-0.39, 0.29) is 6.04 Å². The molecule has 21 heavy (non-hydrogen) atoms. The number of methoxy groups -OCH3 is 1. The molecule has 5 heteroatoms. The molecule has 0 radical (unpaired) electrons. The molecule has 0 aliphatic heterocycles. The van der Waals surface area contributed by atoms with Gasteiger partial charge < -0.3 is 15.8 Å². The molecule has 2 rings (SSSR count). The van der Waals surface area contributed by atoms with Crippen LogP contribution < -0.4 is 11.1 Å². The van der Waals surface area contributed by atoms with Crippen molar-refractivity contribution in [3.05, 3.63) is 58.6 Å². The molecule has 1 unspecified atom stereocenters. The summed E-state index contributed by atoms with van der Waals surface area (Å²) in [4.78, 5) is 11.6. The number of hydrogen-bond donors (Lipinski definition) is 2. The Balaban J connectivity index is 2.24. The molecule has 0 aliphatic carbocycles. The van der Waals surface area contributed by atoms with E-state index >= 15 is 0 Å². The van der Waals surface area contributed by atoms with Gasteiger partial charge in [-0.1, -0.05) is 23.7 Å². The topological polar surface area (TPSA) is 64.3 Å². The van der Waals surface area contributed by atoms with E-state index in [1.807, 2.05) is 31.2 Å². The van der Waals surface area contributed by atoms with Crippen molar-refractivity contribution in [1.82, 2.24) is 0 Å². The van der Waals surface area contributed by atoms with E-state index < -0.39 is 5.97 Å². The van der Waals surface area contributed by atoms with Crippen molar-refractivity contribution >= 4 is 28.9 Å². The molecule has 0 saturated heterocycles. The third kappa shape index (κ3) is 3.67. The van der Waals surface area contributed by atoms with Crippen molar-refractivity contribution in [2.45, 2.75) is 13.0 Å². The van der Waals surface area contributed by atoms with Crippen LogP contribution in [-0.4, -0.2) is 13.1 Å². The predicted molar refractivity (Wildman–Crippen MR) is 85.7 cm³/mol. The molecule has 0 bridgehead atoms. The van der Waals surface area contributed by atoms with Crippen LogP contribution in [0.3, 0.4) is 0 Å². The van der Waals surface area contributed by atoms with Gasteiger partial charge in [0.15, 0.2) is 0 Å². The Morgan fingerprint density at radius 2 is 2.05 bits per heavy atom. The van der Waals surface area contributed by atoms with Crippen molar-refractivity contribution in [2.24, 2.45) is 0 Å². The number of hydrogen-bond acceptors (Lipinski definition) is 4. The van der Waals surface area contributed by atoms with E-state index in [1.165, 1.54) is 7.11 Å². The Kier molecular flexibility index (Phi) is 4.70. The van der Waals surface area contributed by atoms with Gasteiger partial charge in [-0.25, -0.2) is 4.79 Å². The fourth-order valence-electron chi connectivity index (χ4n) is 2.02. The van der Waals surface area contributed by atoms with Crippen LogP contribution in [0.25, 0.3) is 0 Å². The van der Waals surface area contributed by atoms with Crippen LogP contribution >= 0.6 is 11.6 Å². The number of anilines is 2. The summed E-state index contributed by atoms with van der Waals surface area (Å²) in [7, 11) is 1.35. The van der Waals surface area contributed by atoms with Crippen LogP contribution in [0.4, 0.5) is 11.4 Å². The summed E-state index contributed by atoms with van der Waals surface area (Å²) in [6.45, 7) is 2.00. The van der Waals surface area contributed by atoms with Crippen molar-refractivity contribution in [3.63, 3.8) is 0 Å². The second-order valence-corrected chi connectivity index (χ2v) is 5.15. The minimum absolute atomic E-state index is 0.00102. The molecule has 0 saturated carbocycles. The highest BCUT2D eigenvalue weighted by Crippen LogP contribution is 2.26. The molecule has 0 aromatic heterocycles. The Hall–Kier alpha value is -2.20. The lowest BCUT2D eigenvalue weighted by Gasteiger charge is -2.18. The second-order valence-electron chi connectivity index (χ2n) is 4.71. The number of rotatable bonds is 4. The Labute approximate surface area is 128 Å². The number of nitrogen functional groups attached to an aromatic ring is 1. The molecule has 3 N–H and O–H groups in total. The molecule has 1 atom stereocenters. The smallest absolute Gasteiger partial charge is 0.337 e. The minimum Gasteiger partial charge on any atom is -0.465 e. The van der Waals surface area contributed by atoms with Crippen LogP contribution in [0.2, 0.25) is 5.02 Å². The first-order chi connectivity index (χ1) is 10.0. The molecule has 2 aromatic carbocycles. The maximum Gasteiger partial charge on any atom is 0.337 e. The van der Waals surface area contributed by atoms with Gasteiger partial charge in [-0.05, 0) is 42.8 Å². The number of benzene rings is 2. The summed E-state index contributed by atoms with van der Waals surface area (Å²) in [6.07, 6.45) is 0. The first kappa shape index (κ1) is 15.2. The Bertz CT molecular complexity index is 658. The molecular formula is C16H17ClN2O2. The van der Waals surface area contributed by atoms with E-state index in [0.29, 0.717) is 22.0 Å². The van der Waals surface area contributed by atoms with E-state index in [9.17, 15) is 4.79 Å². The predicted octanol–water partition coefficient (Wildman–Crippen LogP) is 3.88. The monoisotopic (exact) mass is 304 g/mol. The molecule has 0 spiro atoms. The number of nitrogens with two attached hydrogens (primary N) is 1. The summed E-state index contributed by atoms with van der Waals surface area (Å²) >= 11 is 6.00. The molecule has 0 fully saturated rings. The molecular weight excluding hydrogens is 288 g/mol. The summed E-state index contributed by atoms with van der Waals surface area (Å²) in [5.41, 5.74) is 8.68. The van der Waals surface area contributed by atoms with E-state index in [4.69, 9.17) is 22.1 Å². The van der Waals surface area contributed by atoms with Gasteiger partial charge in [0.05, 0.1) is 24.0 Å². The van der Waals surface area contributed by atoms with Gasteiger partial charge in [0, 0.05) is 11.1 Å². The Morgan fingerprint density at radius 3 is 2.71 bits per heavy atom. The van der Waals surface area contributed by atoms with Crippen LogP contribution in [0.1, 0.15) is 28.9 Å². The highest BCUT2D eigenvalue weighted by atomic mass is 35.5. The van der Waals surface area contributed by atoms with E-state index in [0.717, 1.165) is 5.56 Å². The second kappa shape index (κ2) is 6.50. The standard InChI is InChI=1S/C16H17ClN2O2/c1-10(11-4-3-5-13(17)8-11)19-15-9-12(16(20)21-2)6-7-14(15)18/h3-10,19H,18H2,1-2H3. The number of halogens is 1. The van der Waals surface area contributed by atoms with Crippen LogP contribution in [0.5, 0.6) is 0 Å². The minimum atomic E-state index is -0.395. The number of carbonyl (C=O) groups excluding carboxylic acids is 1. The molecule has 110 valence electrons. The Morgan fingerprint density at radius 1 is 1.29 bits per heavy atom. The third-order valence-corrected chi connectivity index (χ3v) is 3.43. The van der Waals surface area contributed by atoms with Crippen molar-refractivity contribution in [2.75, 3.05) is 18.2 Å². The van der Waals surface area contributed by atoms with Gasteiger partial charge in [0.25, 0.3) is 0 Å². The molecule has 0 amide bonds. The van der Waals surface area contributed by atoms with Crippen molar-refractivity contribution < 1.29 is 9.53 Å². The quantitative estimate of drug-likeness (QED) is 0.664. The highest BCUT2D eigenvalue weighted by molar-refractivity contribution is 6.30. The van der Waals surface area contributed by atoms with Crippen LogP contribution in [0.15, 0.2) is 42.5 Å². The lowest BCUT2D eigenvalue weighted by atomic mass is 10.1. The maximum absolute atomic E-state index is 11.6. The number of ether oxygens (including phenoxy) is 1. The first-order valence-electron chi connectivity index (χ1n) is 6.51. The zero-order chi connectivity index (χ0) is 15.4. The molecule has 0 heterocycles. The summed E-state index contributed by atoms with van der Waals surface area (Å²) in [5.74, 6) is -0.395. The largest absolute Gasteiger partial charge is 0.465 e. The fourth-order valence-corrected chi connectivity index (χ4v) is 2.22. The van der Waals surface area contributed by atoms with Gasteiger partial charge in [0.1, 0.15) is 0 Å². The van der Waals surface area contributed by atoms with Crippen LogP contribution in [-0.2, 0) is 4.74 Å². The van der Waals surface area contributed by atoms with Crippen molar-refractivity contribution in [1.29, 1.82) is 0 Å². The normalized spacial score (nSPS) is 11.8. The third-order valence-electron chi connectivity index (χ3n) is 3.20. The van der Waals surface area contributed by atoms with Gasteiger partial charge >= 0.3 is 5.97 Å². The van der Waals surface area contributed by atoms with Gasteiger partial charge in [-0.15, -0.1) is 0 Å². The van der Waals surface area contributed by atoms with Gasteiger partial charge in [-0.2, -0.15) is 0 Å². The lowest BCUT2D eigenvalue weighted by Crippen LogP contribution is -2.10. The van der Waals surface area contributed by atoms with Crippen LogP contribution in [0, 0.1) is 0 Å². The zero-order valence-electron chi connectivity index (χ0n) is 11.9. The average molecular weight is 305 g/mol. The number of carbonyl (C=O) groups is 1. The zero-order valence-corrected chi connectivity index (χ0v) is 12.6. The maximum atomic E-state index is 11.6. The summed E-state index contributed by atoms with van der Waals surface area (Å²) < 4.78 is 4.71. The van der Waals surface area contributed by atoms with E-state index in [1.54, 1.807) is 18.2 Å². The van der Waals surface area contributed by atoms with E-state index in [2.05, 4.69) is 5.32 Å². The molecule has 0 aliphatic rings. The van der Waals surface area contributed by atoms with Crippen molar-refractivity contribution in [3.8, 4) is 0 Å². The highest BCUT2D eigenvalue weighted by Gasteiger charge is 2.11. The average Bonchev–Trinajstić information content (AvgIpc) is 2.48. The van der Waals surface area contributed by atoms with Gasteiger partial charge in [-0.3, -0.25) is 0 Å². The molecule has 2 aromatic rings. The van der Waals surface area contributed by atoms with Gasteiger partial charge in [0.2, 0.25) is 0 Å². The number of nitrogens with one attached hydrogen (secondary N) is 1. The molecule has 4 nitrogen and oxygen atoms in total. The fraction of sp³-hybridized carbons (Fsp3) is 0.188. The first-order valence-corrected chi connectivity index (χ1v) is 6.89. The number of esters is 1. The lowest BCUT2D eigenvalue weighted by molar-refractivity contribution is 0.0601. The summed E-state index contributed by atoms with van der Waals surface area (Å²) in [5, 5.41) is 3.96. The SMILES string of the molecule is COC(=O)c1ccc(N)c(NC(C)c2cccc(Cl)c2)c1. The summed E-state index contributed by atoms with van der Waals surface area (Å²) in [6, 6.07) is 12.6.